The van der Waals surface area contributed by atoms with Crippen molar-refractivity contribution < 1.29 is 9.13 Å². The zero-order valence-electron chi connectivity index (χ0n) is 7.31. The van der Waals surface area contributed by atoms with Gasteiger partial charge in [0.15, 0.2) is 0 Å². The van der Waals surface area contributed by atoms with E-state index in [1.165, 1.54) is 0 Å². The van der Waals surface area contributed by atoms with Crippen molar-refractivity contribution in [3.05, 3.63) is 0 Å². The molecule has 1 aliphatic carbocycles. The quantitative estimate of drug-likeness (QED) is 0.678. The zero-order valence-corrected chi connectivity index (χ0v) is 7.31. The second kappa shape index (κ2) is 2.67. The Kier molecular flexibility index (Phi) is 1.88. The molecule has 70 valence electrons. The highest BCUT2D eigenvalue weighted by atomic mass is 19.1. The van der Waals surface area contributed by atoms with Crippen molar-refractivity contribution in [1.82, 2.24) is 0 Å². The molecule has 0 radical (unpaired) electrons. The standard InChI is InChI=1S/C9H16FNO/c10-6-9(7-11)5-8(9)1-3-12-4-2-8/h1-7,11H2. The van der Waals surface area contributed by atoms with Gasteiger partial charge in [-0.25, -0.2) is 0 Å². The van der Waals surface area contributed by atoms with Crippen LogP contribution in [0.1, 0.15) is 19.3 Å². The highest BCUT2D eigenvalue weighted by molar-refractivity contribution is 5.15. The van der Waals surface area contributed by atoms with Crippen molar-refractivity contribution in [3.63, 3.8) is 0 Å². The fourth-order valence-electron chi connectivity index (χ4n) is 2.61. The third kappa shape index (κ3) is 0.927. The number of nitrogens with two attached hydrogens (primary N) is 1. The van der Waals surface area contributed by atoms with Gasteiger partial charge in [-0.15, -0.1) is 0 Å². The summed E-state index contributed by atoms with van der Waals surface area (Å²) in [5.41, 5.74) is 5.65. The van der Waals surface area contributed by atoms with E-state index >= 15 is 0 Å². The molecule has 3 heteroatoms. The first-order chi connectivity index (χ1) is 5.79. The van der Waals surface area contributed by atoms with Gasteiger partial charge in [0.05, 0.1) is 6.67 Å². The van der Waals surface area contributed by atoms with E-state index in [1.807, 2.05) is 0 Å². The molecule has 12 heavy (non-hydrogen) atoms. The average Bonchev–Trinajstić information content (AvgIpc) is 2.75. The highest BCUT2D eigenvalue weighted by Gasteiger charge is 2.66. The summed E-state index contributed by atoms with van der Waals surface area (Å²) in [7, 11) is 0. The lowest BCUT2D eigenvalue weighted by Crippen LogP contribution is -2.30. The maximum absolute atomic E-state index is 12.7. The summed E-state index contributed by atoms with van der Waals surface area (Å²) in [5, 5.41) is 0. The maximum Gasteiger partial charge on any atom is 0.0968 e. The van der Waals surface area contributed by atoms with E-state index in [0.29, 0.717) is 6.54 Å². The number of halogens is 1. The van der Waals surface area contributed by atoms with Gasteiger partial charge in [0, 0.05) is 25.2 Å². The fourth-order valence-corrected chi connectivity index (χ4v) is 2.61. The van der Waals surface area contributed by atoms with Gasteiger partial charge in [-0.05, 0) is 24.7 Å². The van der Waals surface area contributed by atoms with Crippen molar-refractivity contribution in [1.29, 1.82) is 0 Å². The number of ether oxygens (including phenoxy) is 1. The van der Waals surface area contributed by atoms with Gasteiger partial charge < -0.3 is 10.5 Å². The van der Waals surface area contributed by atoms with Crippen LogP contribution in [0.25, 0.3) is 0 Å². The minimum Gasteiger partial charge on any atom is -0.381 e. The van der Waals surface area contributed by atoms with E-state index in [2.05, 4.69) is 0 Å². The van der Waals surface area contributed by atoms with Crippen LogP contribution in [-0.4, -0.2) is 26.4 Å². The monoisotopic (exact) mass is 173 g/mol. The summed E-state index contributed by atoms with van der Waals surface area (Å²) in [5.74, 6) is 0. The normalized spacial score (nSPS) is 38.5. The molecule has 0 aromatic carbocycles. The van der Waals surface area contributed by atoms with Gasteiger partial charge in [-0.2, -0.15) is 0 Å². The first kappa shape index (κ1) is 8.45. The molecule has 0 aromatic rings. The topological polar surface area (TPSA) is 35.2 Å². The molecule has 2 nitrogen and oxygen atoms in total. The Morgan fingerprint density at radius 3 is 2.42 bits per heavy atom. The Hall–Kier alpha value is -0.150. The molecule has 0 aromatic heterocycles. The fraction of sp³-hybridized carbons (Fsp3) is 1.00. The Morgan fingerprint density at radius 2 is 2.00 bits per heavy atom. The van der Waals surface area contributed by atoms with E-state index in [0.717, 1.165) is 32.5 Å². The number of alkyl halides is 1. The molecule has 2 N–H and O–H groups in total. The minimum atomic E-state index is -0.247. The number of hydrogen-bond acceptors (Lipinski definition) is 2. The lowest BCUT2D eigenvalue weighted by molar-refractivity contribution is 0.0385. The second-order valence-corrected chi connectivity index (χ2v) is 4.19. The van der Waals surface area contributed by atoms with Crippen molar-refractivity contribution in [2.45, 2.75) is 19.3 Å². The van der Waals surface area contributed by atoms with Gasteiger partial charge in [-0.1, -0.05) is 0 Å². The molecule has 0 bridgehead atoms. The second-order valence-electron chi connectivity index (χ2n) is 4.19. The van der Waals surface area contributed by atoms with Gasteiger partial charge in [0.1, 0.15) is 0 Å². The van der Waals surface area contributed by atoms with Gasteiger partial charge in [0.2, 0.25) is 0 Å². The Labute approximate surface area is 72.3 Å². The minimum absolute atomic E-state index is 0.170. The van der Waals surface area contributed by atoms with E-state index in [4.69, 9.17) is 10.5 Å². The molecular weight excluding hydrogens is 157 g/mol. The molecular formula is C9H16FNO. The van der Waals surface area contributed by atoms with Gasteiger partial charge >= 0.3 is 0 Å². The highest BCUT2D eigenvalue weighted by Crippen LogP contribution is 2.68. The number of rotatable bonds is 2. The summed E-state index contributed by atoms with van der Waals surface area (Å²) in [4.78, 5) is 0. The summed E-state index contributed by atoms with van der Waals surface area (Å²) in [6, 6.07) is 0. The molecule has 1 unspecified atom stereocenters. The first-order valence-corrected chi connectivity index (χ1v) is 4.62. The lowest BCUT2D eigenvalue weighted by atomic mass is 9.87. The predicted molar refractivity (Wildman–Crippen MR) is 44.6 cm³/mol. The zero-order chi connectivity index (χ0) is 8.66. The third-order valence-electron chi connectivity index (χ3n) is 3.77. The molecule has 0 amide bonds. The molecule has 1 heterocycles. The van der Waals surface area contributed by atoms with Crippen molar-refractivity contribution in [3.8, 4) is 0 Å². The van der Waals surface area contributed by atoms with Crippen LogP contribution >= 0.6 is 0 Å². The van der Waals surface area contributed by atoms with E-state index in [-0.39, 0.29) is 17.5 Å². The van der Waals surface area contributed by atoms with E-state index < -0.39 is 0 Å². The van der Waals surface area contributed by atoms with Crippen LogP contribution in [0.2, 0.25) is 0 Å². The Bertz CT molecular complexity index is 173. The van der Waals surface area contributed by atoms with Crippen molar-refractivity contribution in [2.75, 3.05) is 26.4 Å². The summed E-state index contributed by atoms with van der Waals surface area (Å²) in [6.07, 6.45) is 3.00. The lowest BCUT2D eigenvalue weighted by Gasteiger charge is -2.26. The van der Waals surface area contributed by atoms with Crippen LogP contribution in [0.15, 0.2) is 0 Å². The smallest absolute Gasteiger partial charge is 0.0968 e. The summed E-state index contributed by atoms with van der Waals surface area (Å²) in [6.45, 7) is 1.84. The predicted octanol–water partition coefficient (Wildman–Crippen LogP) is 1.10. The molecule has 1 spiro atoms. The molecule has 1 aliphatic heterocycles. The van der Waals surface area contributed by atoms with Crippen LogP contribution in [0.3, 0.4) is 0 Å². The Morgan fingerprint density at radius 1 is 1.33 bits per heavy atom. The first-order valence-electron chi connectivity index (χ1n) is 4.62. The molecule has 2 rings (SSSR count). The third-order valence-corrected chi connectivity index (χ3v) is 3.77. The van der Waals surface area contributed by atoms with Gasteiger partial charge in [0.25, 0.3) is 0 Å². The molecule has 1 saturated heterocycles. The van der Waals surface area contributed by atoms with Crippen molar-refractivity contribution >= 4 is 0 Å². The molecule has 1 saturated carbocycles. The SMILES string of the molecule is NCC1(CF)CC12CCOCC2. The maximum atomic E-state index is 12.7. The molecule has 2 fully saturated rings. The van der Waals surface area contributed by atoms with Crippen LogP contribution in [-0.2, 0) is 4.74 Å². The van der Waals surface area contributed by atoms with Crippen molar-refractivity contribution in [2.24, 2.45) is 16.6 Å². The summed E-state index contributed by atoms with van der Waals surface area (Å²) >= 11 is 0. The van der Waals surface area contributed by atoms with E-state index in [9.17, 15) is 4.39 Å². The van der Waals surface area contributed by atoms with Crippen LogP contribution < -0.4 is 5.73 Å². The van der Waals surface area contributed by atoms with Crippen LogP contribution in [0.5, 0.6) is 0 Å². The van der Waals surface area contributed by atoms with E-state index in [1.54, 1.807) is 0 Å². The van der Waals surface area contributed by atoms with Crippen LogP contribution in [0.4, 0.5) is 4.39 Å². The Balaban J connectivity index is 2.05. The molecule has 1 atom stereocenters. The van der Waals surface area contributed by atoms with Gasteiger partial charge in [-0.3, -0.25) is 4.39 Å². The largest absolute Gasteiger partial charge is 0.381 e. The average molecular weight is 173 g/mol. The van der Waals surface area contributed by atoms with Crippen LogP contribution in [0, 0.1) is 10.8 Å². The summed E-state index contributed by atoms with van der Waals surface area (Å²) < 4.78 is 18.0. The number of hydrogen-bond donors (Lipinski definition) is 1. The molecule has 2 aliphatic rings.